The number of amides is 1. The van der Waals surface area contributed by atoms with Crippen LogP contribution in [0.2, 0.25) is 0 Å². The van der Waals surface area contributed by atoms with E-state index in [1.807, 2.05) is 19.2 Å². The van der Waals surface area contributed by atoms with Crippen molar-refractivity contribution in [3.05, 3.63) is 27.6 Å². The molecule has 22 heavy (non-hydrogen) atoms. The third kappa shape index (κ3) is 4.56. The molecule has 0 aliphatic heterocycles. The summed E-state index contributed by atoms with van der Waals surface area (Å²) in [6, 6.07) is 1.78. The lowest BCUT2D eigenvalue weighted by molar-refractivity contribution is -0.113. The second-order valence-electron chi connectivity index (χ2n) is 4.43. The lowest BCUT2D eigenvalue weighted by Crippen LogP contribution is -2.12. The van der Waals surface area contributed by atoms with Gasteiger partial charge in [-0.2, -0.15) is 0 Å². The van der Waals surface area contributed by atoms with Gasteiger partial charge in [-0.3, -0.25) is 4.79 Å². The predicted octanol–water partition coefficient (Wildman–Crippen LogP) is 3.73. The van der Waals surface area contributed by atoms with Crippen LogP contribution in [0.4, 0.5) is 5.00 Å². The average molecular weight is 356 g/mol. The number of nitrogens with one attached hydrogen (secondary N) is 1. The minimum atomic E-state index is -0.349. The molecule has 0 unspecified atom stereocenters. The quantitative estimate of drug-likeness (QED) is 0.631. The number of aromatic nitrogens is 1. The molecular formula is C14H16N2O3S3. The molecule has 5 nitrogen and oxygen atoms in total. The van der Waals surface area contributed by atoms with E-state index < -0.39 is 0 Å². The normalized spacial score (nSPS) is 10.5. The Bertz CT molecular complexity index is 679. The van der Waals surface area contributed by atoms with Gasteiger partial charge in [0, 0.05) is 11.1 Å². The molecule has 1 N–H and O–H groups in total. The van der Waals surface area contributed by atoms with E-state index in [4.69, 9.17) is 4.74 Å². The number of anilines is 1. The maximum Gasteiger partial charge on any atom is 0.348 e. The van der Waals surface area contributed by atoms with Crippen molar-refractivity contribution < 1.29 is 14.3 Å². The number of esters is 1. The summed E-state index contributed by atoms with van der Waals surface area (Å²) in [6.07, 6.45) is 0. The van der Waals surface area contributed by atoms with Gasteiger partial charge in [0.15, 0.2) is 4.34 Å². The summed E-state index contributed by atoms with van der Waals surface area (Å²) in [5.41, 5.74) is 1.77. The zero-order valence-corrected chi connectivity index (χ0v) is 14.9. The van der Waals surface area contributed by atoms with Crippen LogP contribution in [-0.2, 0) is 9.53 Å². The van der Waals surface area contributed by atoms with E-state index in [0.717, 1.165) is 15.6 Å². The Hall–Kier alpha value is -1.38. The van der Waals surface area contributed by atoms with Gasteiger partial charge in [-0.05, 0) is 32.4 Å². The van der Waals surface area contributed by atoms with Crippen molar-refractivity contribution >= 4 is 51.3 Å². The standard InChI is InChI=1S/C14H16N2O3S3/c1-4-19-13(18)12-8(2)5-11(22-12)16-10(17)7-21-14-15-9(3)6-20-14/h5-6H,4,7H2,1-3H3,(H,16,17). The van der Waals surface area contributed by atoms with Gasteiger partial charge in [-0.25, -0.2) is 9.78 Å². The predicted molar refractivity (Wildman–Crippen MR) is 91.2 cm³/mol. The first-order valence-corrected chi connectivity index (χ1v) is 9.30. The molecule has 118 valence electrons. The van der Waals surface area contributed by atoms with E-state index in [1.54, 1.807) is 13.0 Å². The van der Waals surface area contributed by atoms with Crippen LogP contribution in [0.1, 0.15) is 27.9 Å². The molecular weight excluding hydrogens is 340 g/mol. The number of hydrogen-bond acceptors (Lipinski definition) is 7. The Balaban J connectivity index is 1.91. The van der Waals surface area contributed by atoms with E-state index >= 15 is 0 Å². The van der Waals surface area contributed by atoms with E-state index in [1.165, 1.54) is 34.4 Å². The molecule has 2 aromatic rings. The number of thiophene rings is 1. The first-order valence-electron chi connectivity index (χ1n) is 6.62. The Kier molecular flexibility index (Phi) is 5.98. The highest BCUT2D eigenvalue weighted by Gasteiger charge is 2.16. The fraction of sp³-hybridized carbons (Fsp3) is 0.357. The highest BCUT2D eigenvalue weighted by molar-refractivity contribution is 8.01. The van der Waals surface area contributed by atoms with Crippen molar-refractivity contribution in [3.63, 3.8) is 0 Å². The Morgan fingerprint density at radius 1 is 1.41 bits per heavy atom. The van der Waals surface area contributed by atoms with Crippen LogP contribution in [-0.4, -0.2) is 29.2 Å². The van der Waals surface area contributed by atoms with Gasteiger partial charge in [0.05, 0.1) is 17.4 Å². The van der Waals surface area contributed by atoms with Gasteiger partial charge in [0.1, 0.15) is 4.88 Å². The van der Waals surface area contributed by atoms with Crippen molar-refractivity contribution in [2.24, 2.45) is 0 Å². The fourth-order valence-corrected chi connectivity index (χ4v) is 4.27. The van der Waals surface area contributed by atoms with E-state index in [0.29, 0.717) is 22.2 Å². The summed E-state index contributed by atoms with van der Waals surface area (Å²) in [7, 11) is 0. The number of rotatable bonds is 6. The number of nitrogens with zero attached hydrogens (tertiary/aromatic N) is 1. The second-order valence-corrected chi connectivity index (χ2v) is 7.57. The van der Waals surface area contributed by atoms with E-state index in [-0.39, 0.29) is 11.9 Å². The number of aryl methyl sites for hydroxylation is 2. The SMILES string of the molecule is CCOC(=O)c1sc(NC(=O)CSc2nc(C)cs2)cc1C. The highest BCUT2D eigenvalue weighted by Crippen LogP contribution is 2.28. The Morgan fingerprint density at radius 2 is 2.18 bits per heavy atom. The molecule has 0 fully saturated rings. The molecule has 0 atom stereocenters. The fourth-order valence-electron chi connectivity index (χ4n) is 1.64. The third-order valence-electron chi connectivity index (χ3n) is 2.57. The van der Waals surface area contributed by atoms with E-state index in [9.17, 15) is 9.59 Å². The first-order chi connectivity index (χ1) is 10.5. The molecule has 0 aliphatic carbocycles. The molecule has 2 heterocycles. The van der Waals surface area contributed by atoms with Crippen LogP contribution < -0.4 is 5.32 Å². The number of carbonyl (C=O) groups is 2. The lowest BCUT2D eigenvalue weighted by atomic mass is 10.3. The molecule has 2 rings (SSSR count). The molecule has 2 aromatic heterocycles. The molecule has 0 aromatic carbocycles. The molecule has 0 spiro atoms. The highest BCUT2D eigenvalue weighted by atomic mass is 32.2. The van der Waals surface area contributed by atoms with Gasteiger partial charge in [0.2, 0.25) is 5.91 Å². The van der Waals surface area contributed by atoms with Crippen LogP contribution in [0.5, 0.6) is 0 Å². The van der Waals surface area contributed by atoms with Crippen LogP contribution >= 0.6 is 34.4 Å². The van der Waals surface area contributed by atoms with Crippen molar-refractivity contribution in [2.45, 2.75) is 25.1 Å². The topological polar surface area (TPSA) is 68.3 Å². The summed E-state index contributed by atoms with van der Waals surface area (Å²) < 4.78 is 5.86. The Labute approximate surface area is 141 Å². The number of thiazole rings is 1. The zero-order valence-electron chi connectivity index (χ0n) is 12.5. The monoisotopic (exact) mass is 356 g/mol. The van der Waals surface area contributed by atoms with Crippen molar-refractivity contribution in [1.29, 1.82) is 0 Å². The Morgan fingerprint density at radius 3 is 2.82 bits per heavy atom. The van der Waals surface area contributed by atoms with Gasteiger partial charge in [-0.15, -0.1) is 22.7 Å². The molecule has 0 aliphatic rings. The van der Waals surface area contributed by atoms with Gasteiger partial charge in [-0.1, -0.05) is 11.8 Å². The first kappa shape index (κ1) is 17.0. The van der Waals surface area contributed by atoms with Crippen LogP contribution in [0.25, 0.3) is 0 Å². The molecule has 8 heteroatoms. The lowest BCUT2D eigenvalue weighted by Gasteiger charge is -2.01. The third-order valence-corrected chi connectivity index (χ3v) is 5.84. The number of ether oxygens (including phenoxy) is 1. The summed E-state index contributed by atoms with van der Waals surface area (Å²) >= 11 is 4.16. The van der Waals surface area contributed by atoms with Crippen LogP contribution in [0, 0.1) is 13.8 Å². The number of carbonyl (C=O) groups excluding carboxylic acids is 2. The number of thioether (sulfide) groups is 1. The average Bonchev–Trinajstić information content (AvgIpc) is 3.03. The van der Waals surface area contributed by atoms with Gasteiger partial charge < -0.3 is 10.1 Å². The molecule has 0 saturated heterocycles. The molecule has 0 bridgehead atoms. The number of hydrogen-bond donors (Lipinski definition) is 1. The van der Waals surface area contributed by atoms with Crippen molar-refractivity contribution in [2.75, 3.05) is 17.7 Å². The van der Waals surface area contributed by atoms with Crippen molar-refractivity contribution in [1.82, 2.24) is 4.98 Å². The molecule has 1 amide bonds. The second kappa shape index (κ2) is 7.75. The van der Waals surface area contributed by atoms with E-state index in [2.05, 4.69) is 10.3 Å². The van der Waals surface area contributed by atoms with Crippen molar-refractivity contribution in [3.8, 4) is 0 Å². The maximum atomic E-state index is 11.9. The summed E-state index contributed by atoms with van der Waals surface area (Å²) in [5, 5.41) is 5.41. The van der Waals surface area contributed by atoms with Gasteiger partial charge >= 0.3 is 5.97 Å². The summed E-state index contributed by atoms with van der Waals surface area (Å²) in [5.74, 6) is -0.175. The minimum absolute atomic E-state index is 0.116. The zero-order chi connectivity index (χ0) is 16.1. The summed E-state index contributed by atoms with van der Waals surface area (Å²) in [6.45, 7) is 5.85. The largest absolute Gasteiger partial charge is 0.462 e. The minimum Gasteiger partial charge on any atom is -0.462 e. The smallest absolute Gasteiger partial charge is 0.348 e. The molecule has 0 radical (unpaired) electrons. The summed E-state index contributed by atoms with van der Waals surface area (Å²) in [4.78, 5) is 28.5. The molecule has 0 saturated carbocycles. The van der Waals surface area contributed by atoms with Crippen LogP contribution in [0.15, 0.2) is 15.8 Å². The van der Waals surface area contributed by atoms with Crippen LogP contribution in [0.3, 0.4) is 0 Å². The van der Waals surface area contributed by atoms with Gasteiger partial charge in [0.25, 0.3) is 0 Å². The maximum absolute atomic E-state index is 11.9.